The van der Waals surface area contributed by atoms with Gasteiger partial charge in [0, 0.05) is 11.8 Å². The van der Waals surface area contributed by atoms with Gasteiger partial charge < -0.3 is 9.47 Å². The summed E-state index contributed by atoms with van der Waals surface area (Å²) in [6.07, 6.45) is 1.50. The van der Waals surface area contributed by atoms with E-state index in [1.54, 1.807) is 36.4 Å². The molecule has 1 aromatic heterocycles. The second-order valence-corrected chi connectivity index (χ2v) is 5.92. The van der Waals surface area contributed by atoms with E-state index in [2.05, 4.69) is 15.8 Å². The summed E-state index contributed by atoms with van der Waals surface area (Å²) in [5, 5.41) is 0. The molecule has 0 saturated carbocycles. The normalized spacial score (nSPS) is 10.3. The molecule has 2 N–H and O–H groups in total. The first kappa shape index (κ1) is 19.2. The maximum atomic E-state index is 12.3. The first-order valence-corrected chi connectivity index (χ1v) is 8.42. The molecule has 7 heteroatoms. The van der Waals surface area contributed by atoms with Crippen LogP contribution in [0.2, 0.25) is 0 Å². The van der Waals surface area contributed by atoms with Crippen molar-refractivity contribution in [2.75, 3.05) is 13.2 Å². The lowest BCUT2D eigenvalue weighted by Gasteiger charge is -2.14. The number of carbonyl (C=O) groups excluding carboxylic acids is 2. The number of carbonyl (C=O) groups is 2. The Kier molecular flexibility index (Phi) is 6.96. The minimum Gasteiger partial charge on any atom is -0.490 e. The van der Waals surface area contributed by atoms with Gasteiger partial charge in [0.1, 0.15) is 5.69 Å². The van der Waals surface area contributed by atoms with E-state index in [-0.39, 0.29) is 5.69 Å². The molecule has 0 atom stereocenters. The molecule has 0 fully saturated rings. The van der Waals surface area contributed by atoms with Gasteiger partial charge in [0.2, 0.25) is 0 Å². The van der Waals surface area contributed by atoms with E-state index in [0.29, 0.717) is 36.2 Å². The molecule has 0 saturated heterocycles. The number of pyridine rings is 1. The van der Waals surface area contributed by atoms with Gasteiger partial charge in [-0.1, -0.05) is 19.9 Å². The molecule has 0 bridgehead atoms. The highest BCUT2D eigenvalue weighted by molar-refractivity contribution is 5.98. The van der Waals surface area contributed by atoms with Gasteiger partial charge in [0.15, 0.2) is 11.5 Å². The molecule has 0 spiro atoms. The number of nitrogens with zero attached hydrogens (tertiary/aromatic N) is 1. The Labute approximate surface area is 152 Å². The van der Waals surface area contributed by atoms with Crippen LogP contribution in [0, 0.1) is 5.92 Å². The third kappa shape index (κ3) is 5.47. The van der Waals surface area contributed by atoms with Crippen molar-refractivity contribution in [3.05, 3.63) is 53.9 Å². The second kappa shape index (κ2) is 9.41. The summed E-state index contributed by atoms with van der Waals surface area (Å²) < 4.78 is 11.3. The third-order valence-corrected chi connectivity index (χ3v) is 3.27. The number of aromatic nitrogens is 1. The van der Waals surface area contributed by atoms with Crippen LogP contribution in [0.3, 0.4) is 0 Å². The number of amides is 2. The monoisotopic (exact) mass is 357 g/mol. The predicted octanol–water partition coefficient (Wildman–Crippen LogP) is 2.59. The Morgan fingerprint density at radius 1 is 1.04 bits per heavy atom. The van der Waals surface area contributed by atoms with Crippen LogP contribution in [0.15, 0.2) is 42.6 Å². The fraction of sp³-hybridized carbons (Fsp3) is 0.316. The van der Waals surface area contributed by atoms with Gasteiger partial charge in [-0.05, 0) is 43.2 Å². The summed E-state index contributed by atoms with van der Waals surface area (Å²) >= 11 is 0. The zero-order valence-corrected chi connectivity index (χ0v) is 15.1. The lowest BCUT2D eigenvalue weighted by molar-refractivity contribution is 0.0843. The van der Waals surface area contributed by atoms with E-state index < -0.39 is 11.8 Å². The summed E-state index contributed by atoms with van der Waals surface area (Å²) in [7, 11) is 0. The summed E-state index contributed by atoms with van der Waals surface area (Å²) in [5.41, 5.74) is 5.24. The van der Waals surface area contributed by atoms with Crippen LogP contribution in [0.4, 0.5) is 0 Å². The largest absolute Gasteiger partial charge is 0.490 e. The quantitative estimate of drug-likeness (QED) is 0.744. The lowest BCUT2D eigenvalue weighted by atomic mass is 10.2. The minimum atomic E-state index is -0.499. The minimum absolute atomic E-state index is 0.209. The maximum Gasteiger partial charge on any atom is 0.288 e. The predicted molar refractivity (Wildman–Crippen MR) is 97.1 cm³/mol. The average molecular weight is 357 g/mol. The fourth-order valence-corrected chi connectivity index (χ4v) is 2.04. The van der Waals surface area contributed by atoms with Crippen molar-refractivity contribution in [3.63, 3.8) is 0 Å². The highest BCUT2D eigenvalue weighted by Gasteiger charge is 2.13. The van der Waals surface area contributed by atoms with E-state index in [1.807, 2.05) is 20.8 Å². The molecule has 1 aromatic carbocycles. The Balaban J connectivity index is 2.03. The van der Waals surface area contributed by atoms with Crippen molar-refractivity contribution in [1.29, 1.82) is 0 Å². The molecule has 26 heavy (non-hydrogen) atoms. The molecule has 138 valence electrons. The number of hydrogen-bond donors (Lipinski definition) is 2. The molecule has 2 rings (SSSR count). The molecular weight excluding hydrogens is 334 g/mol. The average Bonchev–Trinajstić information content (AvgIpc) is 2.65. The van der Waals surface area contributed by atoms with Crippen molar-refractivity contribution in [2.24, 2.45) is 5.92 Å². The molecule has 0 unspecified atom stereocenters. The van der Waals surface area contributed by atoms with Crippen molar-refractivity contribution in [2.45, 2.75) is 20.8 Å². The molecule has 0 aliphatic carbocycles. The smallest absolute Gasteiger partial charge is 0.288 e. The number of ether oxygens (including phenoxy) is 2. The van der Waals surface area contributed by atoms with Gasteiger partial charge in [-0.15, -0.1) is 0 Å². The van der Waals surface area contributed by atoms with Gasteiger partial charge in [-0.2, -0.15) is 0 Å². The van der Waals surface area contributed by atoms with Crippen molar-refractivity contribution in [3.8, 4) is 11.5 Å². The van der Waals surface area contributed by atoms with Crippen molar-refractivity contribution in [1.82, 2.24) is 15.8 Å². The van der Waals surface area contributed by atoms with Gasteiger partial charge in [0.05, 0.1) is 13.2 Å². The Morgan fingerprint density at radius 2 is 1.81 bits per heavy atom. The standard InChI is InChI=1S/C19H23N3O4/c1-4-25-17-11-14(8-9-16(17)26-12-13(2)3)18(23)21-22-19(24)15-7-5-6-10-20-15/h5-11,13H,4,12H2,1-3H3,(H,21,23)(H,22,24). The summed E-state index contributed by atoms with van der Waals surface area (Å²) in [6, 6.07) is 9.82. The van der Waals surface area contributed by atoms with Crippen molar-refractivity contribution >= 4 is 11.8 Å². The van der Waals surface area contributed by atoms with Crippen LogP contribution >= 0.6 is 0 Å². The highest BCUT2D eigenvalue weighted by Crippen LogP contribution is 2.29. The van der Waals surface area contributed by atoms with E-state index in [4.69, 9.17) is 9.47 Å². The first-order valence-electron chi connectivity index (χ1n) is 8.42. The van der Waals surface area contributed by atoms with Crippen LogP contribution in [0.5, 0.6) is 11.5 Å². The fourth-order valence-electron chi connectivity index (χ4n) is 2.04. The second-order valence-electron chi connectivity index (χ2n) is 5.92. The number of benzene rings is 1. The van der Waals surface area contributed by atoms with Gasteiger partial charge in [-0.25, -0.2) is 0 Å². The van der Waals surface area contributed by atoms with E-state index in [1.165, 1.54) is 6.20 Å². The van der Waals surface area contributed by atoms with E-state index >= 15 is 0 Å². The molecule has 0 aliphatic rings. The highest BCUT2D eigenvalue weighted by atomic mass is 16.5. The molecule has 0 radical (unpaired) electrons. The zero-order chi connectivity index (χ0) is 18.9. The number of nitrogens with one attached hydrogen (secondary N) is 2. The first-order chi connectivity index (χ1) is 12.5. The van der Waals surface area contributed by atoms with Crippen LogP contribution < -0.4 is 20.3 Å². The number of rotatable bonds is 7. The molecule has 2 amide bonds. The van der Waals surface area contributed by atoms with Crippen LogP contribution in [-0.4, -0.2) is 30.0 Å². The van der Waals surface area contributed by atoms with Crippen LogP contribution in [0.25, 0.3) is 0 Å². The SMILES string of the molecule is CCOc1cc(C(=O)NNC(=O)c2ccccn2)ccc1OCC(C)C. The molecule has 2 aromatic rings. The summed E-state index contributed by atoms with van der Waals surface area (Å²) in [4.78, 5) is 28.1. The molecule has 7 nitrogen and oxygen atoms in total. The van der Waals surface area contributed by atoms with Crippen molar-refractivity contribution < 1.29 is 19.1 Å². The zero-order valence-electron chi connectivity index (χ0n) is 15.1. The molecule has 1 heterocycles. The molecule has 0 aliphatic heterocycles. The van der Waals surface area contributed by atoms with E-state index in [0.717, 1.165) is 0 Å². The number of hydrazine groups is 1. The van der Waals surface area contributed by atoms with Gasteiger partial charge in [0.25, 0.3) is 11.8 Å². The Morgan fingerprint density at radius 3 is 2.46 bits per heavy atom. The third-order valence-electron chi connectivity index (χ3n) is 3.27. The molecular formula is C19H23N3O4. The number of hydrogen-bond acceptors (Lipinski definition) is 5. The maximum absolute atomic E-state index is 12.3. The summed E-state index contributed by atoms with van der Waals surface area (Å²) in [5.74, 6) is 0.465. The van der Waals surface area contributed by atoms with Crippen LogP contribution in [0.1, 0.15) is 41.6 Å². The van der Waals surface area contributed by atoms with Gasteiger partial charge >= 0.3 is 0 Å². The Hall–Kier alpha value is -3.09. The van der Waals surface area contributed by atoms with E-state index in [9.17, 15) is 9.59 Å². The lowest BCUT2D eigenvalue weighted by Crippen LogP contribution is -2.41. The summed E-state index contributed by atoms with van der Waals surface area (Å²) in [6.45, 7) is 6.94. The topological polar surface area (TPSA) is 89.6 Å². The Bertz CT molecular complexity index is 748. The van der Waals surface area contributed by atoms with Crippen LogP contribution in [-0.2, 0) is 0 Å². The van der Waals surface area contributed by atoms with Gasteiger partial charge in [-0.3, -0.25) is 25.4 Å².